The molecule has 0 aliphatic rings. The zero-order valence-corrected chi connectivity index (χ0v) is 13.1. The standard InChI is InChI=1S/C16H12F3N5O2/c17-16(18,19)12-2-3-13(14(7-12)24(25)26)21-8-11-1-4-15(22-9-11)23-6-5-20-10-23/h1-7,9-10,21H,8H2. The van der Waals surface area contributed by atoms with Crippen molar-refractivity contribution in [3.8, 4) is 5.82 Å². The van der Waals surface area contributed by atoms with Crippen molar-refractivity contribution in [2.45, 2.75) is 12.7 Å². The predicted molar refractivity (Wildman–Crippen MR) is 86.8 cm³/mol. The summed E-state index contributed by atoms with van der Waals surface area (Å²) in [5.41, 5.74) is -0.992. The van der Waals surface area contributed by atoms with E-state index in [4.69, 9.17) is 0 Å². The lowest BCUT2D eigenvalue weighted by atomic mass is 10.1. The van der Waals surface area contributed by atoms with Crippen LogP contribution in [0.15, 0.2) is 55.2 Å². The molecule has 10 heteroatoms. The third-order valence-corrected chi connectivity index (χ3v) is 3.58. The Labute approximate surface area is 145 Å². The highest BCUT2D eigenvalue weighted by molar-refractivity contribution is 5.63. The maximum absolute atomic E-state index is 12.7. The van der Waals surface area contributed by atoms with Gasteiger partial charge in [-0.15, -0.1) is 0 Å². The van der Waals surface area contributed by atoms with Crippen molar-refractivity contribution in [2.75, 3.05) is 5.32 Å². The van der Waals surface area contributed by atoms with Crippen molar-refractivity contribution in [3.05, 3.63) is 76.5 Å². The number of benzene rings is 1. The lowest BCUT2D eigenvalue weighted by Gasteiger charge is -2.11. The highest BCUT2D eigenvalue weighted by Crippen LogP contribution is 2.35. The van der Waals surface area contributed by atoms with Gasteiger partial charge in [0.2, 0.25) is 0 Å². The van der Waals surface area contributed by atoms with Gasteiger partial charge < -0.3 is 5.32 Å². The van der Waals surface area contributed by atoms with E-state index >= 15 is 0 Å². The molecule has 1 aromatic carbocycles. The number of hydrogen-bond acceptors (Lipinski definition) is 5. The number of nitro benzene ring substituents is 1. The van der Waals surface area contributed by atoms with Crippen molar-refractivity contribution in [2.24, 2.45) is 0 Å². The summed E-state index contributed by atoms with van der Waals surface area (Å²) in [6, 6.07) is 5.86. The molecule has 0 unspecified atom stereocenters. The summed E-state index contributed by atoms with van der Waals surface area (Å²) in [6.45, 7) is 0.170. The van der Waals surface area contributed by atoms with Gasteiger partial charge in [-0.1, -0.05) is 6.07 Å². The van der Waals surface area contributed by atoms with Gasteiger partial charge in [0.15, 0.2) is 0 Å². The molecule has 2 aromatic heterocycles. The average molecular weight is 363 g/mol. The minimum atomic E-state index is -4.64. The molecule has 0 fully saturated rings. The third-order valence-electron chi connectivity index (χ3n) is 3.58. The van der Waals surface area contributed by atoms with Gasteiger partial charge in [-0.2, -0.15) is 13.2 Å². The zero-order chi connectivity index (χ0) is 18.7. The first-order chi connectivity index (χ1) is 12.3. The van der Waals surface area contributed by atoms with Crippen LogP contribution in [-0.4, -0.2) is 19.5 Å². The first-order valence-electron chi connectivity index (χ1n) is 7.37. The number of anilines is 1. The molecular weight excluding hydrogens is 351 g/mol. The van der Waals surface area contributed by atoms with Gasteiger partial charge in [0.1, 0.15) is 17.8 Å². The Morgan fingerprint density at radius 3 is 2.62 bits per heavy atom. The van der Waals surface area contributed by atoms with Gasteiger partial charge in [-0.05, 0) is 23.8 Å². The molecule has 3 aromatic rings. The second-order valence-electron chi connectivity index (χ2n) is 5.33. The van der Waals surface area contributed by atoms with Crippen molar-refractivity contribution in [3.63, 3.8) is 0 Å². The SMILES string of the molecule is O=[N+]([O-])c1cc(C(F)(F)F)ccc1NCc1ccc(-n2ccnc2)nc1. The number of nitrogens with zero attached hydrogens (tertiary/aromatic N) is 4. The molecule has 1 N–H and O–H groups in total. The molecule has 0 aliphatic carbocycles. The number of aromatic nitrogens is 3. The van der Waals surface area contributed by atoms with E-state index in [2.05, 4.69) is 15.3 Å². The highest BCUT2D eigenvalue weighted by atomic mass is 19.4. The summed E-state index contributed by atoms with van der Waals surface area (Å²) in [7, 11) is 0. The lowest BCUT2D eigenvalue weighted by Crippen LogP contribution is -2.08. The van der Waals surface area contributed by atoms with Gasteiger partial charge in [-0.3, -0.25) is 14.7 Å². The summed E-state index contributed by atoms with van der Waals surface area (Å²) >= 11 is 0. The molecule has 3 rings (SSSR count). The van der Waals surface area contributed by atoms with E-state index in [9.17, 15) is 23.3 Å². The monoisotopic (exact) mass is 363 g/mol. The summed E-state index contributed by atoms with van der Waals surface area (Å²) in [4.78, 5) is 18.4. The fraction of sp³-hybridized carbons (Fsp3) is 0.125. The molecule has 2 heterocycles. The van der Waals surface area contributed by atoms with E-state index in [1.54, 1.807) is 41.6 Å². The lowest BCUT2D eigenvalue weighted by molar-refractivity contribution is -0.384. The molecule has 0 radical (unpaired) electrons. The maximum atomic E-state index is 12.7. The summed E-state index contributed by atoms with van der Waals surface area (Å²) in [5, 5.41) is 13.8. The first kappa shape index (κ1) is 17.4. The molecule has 0 amide bonds. The van der Waals surface area contributed by atoms with Crippen LogP contribution in [0.3, 0.4) is 0 Å². The summed E-state index contributed by atoms with van der Waals surface area (Å²) in [5.74, 6) is 0.645. The van der Waals surface area contributed by atoms with Crippen LogP contribution in [0.1, 0.15) is 11.1 Å². The highest BCUT2D eigenvalue weighted by Gasteiger charge is 2.33. The minimum absolute atomic E-state index is 0.00156. The molecule has 0 saturated carbocycles. The van der Waals surface area contributed by atoms with E-state index in [0.717, 1.165) is 12.1 Å². The first-order valence-corrected chi connectivity index (χ1v) is 7.37. The second-order valence-corrected chi connectivity index (χ2v) is 5.33. The summed E-state index contributed by atoms with van der Waals surface area (Å²) in [6.07, 6.45) is 1.85. The normalized spacial score (nSPS) is 11.3. The average Bonchev–Trinajstić information content (AvgIpc) is 3.14. The molecule has 0 atom stereocenters. The van der Waals surface area contributed by atoms with E-state index in [0.29, 0.717) is 17.4 Å². The van der Waals surface area contributed by atoms with Crippen molar-refractivity contribution in [1.82, 2.24) is 14.5 Å². The van der Waals surface area contributed by atoms with Crippen molar-refractivity contribution in [1.29, 1.82) is 0 Å². The molecule has 0 spiro atoms. The van der Waals surface area contributed by atoms with Crippen LogP contribution < -0.4 is 5.32 Å². The Bertz CT molecular complexity index is 909. The molecule has 0 aliphatic heterocycles. The Balaban J connectivity index is 1.76. The number of rotatable bonds is 5. The van der Waals surface area contributed by atoms with Crippen molar-refractivity contribution >= 4 is 11.4 Å². The second kappa shape index (κ2) is 6.82. The Kier molecular flexibility index (Phi) is 4.57. The molecule has 26 heavy (non-hydrogen) atoms. The zero-order valence-electron chi connectivity index (χ0n) is 13.1. The molecule has 134 valence electrons. The van der Waals surface area contributed by atoms with Crippen LogP contribution in [0.5, 0.6) is 0 Å². The number of pyridine rings is 1. The number of nitrogens with one attached hydrogen (secondary N) is 1. The number of imidazole rings is 1. The van der Waals surface area contributed by atoms with Crippen LogP contribution in [0.4, 0.5) is 24.5 Å². The Morgan fingerprint density at radius 1 is 1.23 bits per heavy atom. The van der Waals surface area contributed by atoms with Gasteiger partial charge in [-0.25, -0.2) is 9.97 Å². The van der Waals surface area contributed by atoms with Crippen LogP contribution >= 0.6 is 0 Å². The van der Waals surface area contributed by atoms with E-state index < -0.39 is 22.4 Å². The molecule has 7 nitrogen and oxygen atoms in total. The van der Waals surface area contributed by atoms with Gasteiger partial charge in [0.25, 0.3) is 5.69 Å². The molecular formula is C16H12F3N5O2. The van der Waals surface area contributed by atoms with Crippen LogP contribution in [0.2, 0.25) is 0 Å². The van der Waals surface area contributed by atoms with Crippen molar-refractivity contribution < 1.29 is 18.1 Å². The van der Waals surface area contributed by atoms with E-state index in [-0.39, 0.29) is 12.2 Å². The largest absolute Gasteiger partial charge is 0.416 e. The Hall–Kier alpha value is -3.43. The van der Waals surface area contributed by atoms with Crippen LogP contribution in [0, 0.1) is 10.1 Å². The third kappa shape index (κ3) is 3.79. The topological polar surface area (TPSA) is 85.9 Å². The number of hydrogen-bond donors (Lipinski definition) is 1. The number of nitro groups is 1. The molecule has 0 bridgehead atoms. The predicted octanol–water partition coefficient (Wildman–Crippen LogP) is 3.81. The maximum Gasteiger partial charge on any atom is 0.416 e. The minimum Gasteiger partial charge on any atom is -0.375 e. The number of alkyl halides is 3. The van der Waals surface area contributed by atoms with E-state index in [1.807, 2.05) is 0 Å². The Morgan fingerprint density at radius 2 is 2.04 bits per heavy atom. The fourth-order valence-corrected chi connectivity index (χ4v) is 2.27. The van der Waals surface area contributed by atoms with Gasteiger partial charge >= 0.3 is 6.18 Å². The van der Waals surface area contributed by atoms with Crippen LogP contribution in [0.25, 0.3) is 5.82 Å². The van der Waals surface area contributed by atoms with Crippen LogP contribution in [-0.2, 0) is 12.7 Å². The summed E-state index contributed by atoms with van der Waals surface area (Å²) < 4.78 is 39.8. The van der Waals surface area contributed by atoms with E-state index in [1.165, 1.54) is 0 Å². The van der Waals surface area contributed by atoms with Gasteiger partial charge in [0, 0.05) is 31.2 Å². The number of halogens is 3. The smallest absolute Gasteiger partial charge is 0.375 e. The fourth-order valence-electron chi connectivity index (χ4n) is 2.27. The molecule has 0 saturated heterocycles. The quantitative estimate of drug-likeness (QED) is 0.550. The van der Waals surface area contributed by atoms with Gasteiger partial charge in [0.05, 0.1) is 10.5 Å².